The second kappa shape index (κ2) is 7.13. The molecule has 138 valence electrons. The van der Waals surface area contributed by atoms with Crippen molar-refractivity contribution >= 4 is 22.8 Å². The summed E-state index contributed by atoms with van der Waals surface area (Å²) in [4.78, 5) is 17.8. The van der Waals surface area contributed by atoms with Crippen molar-refractivity contribution in [1.29, 1.82) is 0 Å². The first kappa shape index (κ1) is 17.7. The van der Waals surface area contributed by atoms with Gasteiger partial charge in [0.2, 0.25) is 0 Å². The third kappa shape index (κ3) is 3.22. The topological polar surface area (TPSA) is 81.6 Å². The Morgan fingerprint density at radius 2 is 1.96 bits per heavy atom. The van der Waals surface area contributed by atoms with Crippen LogP contribution in [0, 0.1) is 0 Å². The largest absolute Gasteiger partial charge is 0.385 e. The summed E-state index contributed by atoms with van der Waals surface area (Å²) in [6, 6.07) is 6.02. The highest BCUT2D eigenvalue weighted by molar-refractivity contribution is 7.99. The molecule has 0 unspecified atom stereocenters. The van der Waals surface area contributed by atoms with E-state index in [0.29, 0.717) is 5.82 Å². The summed E-state index contributed by atoms with van der Waals surface area (Å²) in [5.41, 5.74) is 3.60. The van der Waals surface area contributed by atoms with E-state index in [1.54, 1.807) is 37.3 Å². The molecular formula is C19H20N6OS. The SMILES string of the molecule is CCSc1ncc(-c2nccn2-c2ccc3c(c2)nc([C@H](C)O)n3C)cn1. The standard InChI is InChI=1S/C19H20N6OS/c1-4-27-19-21-10-13(11-22-19)18-20-7-8-25(18)14-5-6-16-15(9-14)23-17(12(2)26)24(16)3/h5-12,26H,4H2,1-3H3/t12-/m0/s1. The van der Waals surface area contributed by atoms with Gasteiger partial charge in [0.15, 0.2) is 5.16 Å². The zero-order valence-electron chi connectivity index (χ0n) is 15.4. The lowest BCUT2D eigenvalue weighted by molar-refractivity contribution is 0.186. The Hall–Kier alpha value is -2.71. The molecule has 0 spiro atoms. The number of aliphatic hydroxyl groups is 1. The van der Waals surface area contributed by atoms with E-state index in [0.717, 1.165) is 39.0 Å². The molecule has 27 heavy (non-hydrogen) atoms. The molecular weight excluding hydrogens is 360 g/mol. The highest BCUT2D eigenvalue weighted by Gasteiger charge is 2.14. The van der Waals surface area contributed by atoms with Crippen LogP contribution in [-0.2, 0) is 7.05 Å². The zero-order valence-corrected chi connectivity index (χ0v) is 16.2. The van der Waals surface area contributed by atoms with E-state index in [2.05, 4.69) is 26.9 Å². The quantitative estimate of drug-likeness (QED) is 0.422. The summed E-state index contributed by atoms with van der Waals surface area (Å²) in [5.74, 6) is 2.35. The maximum Gasteiger partial charge on any atom is 0.187 e. The van der Waals surface area contributed by atoms with Crippen molar-refractivity contribution in [3.63, 3.8) is 0 Å². The summed E-state index contributed by atoms with van der Waals surface area (Å²) in [6.45, 7) is 3.79. The predicted molar refractivity (Wildman–Crippen MR) is 106 cm³/mol. The van der Waals surface area contributed by atoms with Gasteiger partial charge in [-0.25, -0.2) is 19.9 Å². The van der Waals surface area contributed by atoms with Crippen molar-refractivity contribution in [3.05, 3.63) is 48.8 Å². The first-order chi connectivity index (χ1) is 13.1. The number of nitrogens with zero attached hydrogens (tertiary/aromatic N) is 6. The van der Waals surface area contributed by atoms with E-state index in [9.17, 15) is 5.11 Å². The maximum absolute atomic E-state index is 9.90. The predicted octanol–water partition coefficient (Wildman–Crippen LogP) is 3.38. The number of thioether (sulfide) groups is 1. The summed E-state index contributed by atoms with van der Waals surface area (Å²) in [7, 11) is 1.91. The van der Waals surface area contributed by atoms with Crippen molar-refractivity contribution in [2.24, 2.45) is 7.05 Å². The Kier molecular flexibility index (Phi) is 4.67. The van der Waals surface area contributed by atoms with Gasteiger partial charge >= 0.3 is 0 Å². The molecule has 1 N–H and O–H groups in total. The van der Waals surface area contributed by atoms with Gasteiger partial charge in [0.1, 0.15) is 17.8 Å². The number of aromatic nitrogens is 6. The molecule has 1 aromatic carbocycles. The van der Waals surface area contributed by atoms with Gasteiger partial charge in [-0.2, -0.15) is 0 Å². The molecule has 3 heterocycles. The minimum atomic E-state index is -0.619. The van der Waals surface area contributed by atoms with Crippen molar-refractivity contribution in [2.75, 3.05) is 5.75 Å². The van der Waals surface area contributed by atoms with E-state index in [1.165, 1.54) is 0 Å². The fourth-order valence-corrected chi connectivity index (χ4v) is 3.60. The zero-order chi connectivity index (χ0) is 19.0. The van der Waals surface area contributed by atoms with Gasteiger partial charge in [-0.05, 0) is 30.9 Å². The number of imidazole rings is 2. The molecule has 4 rings (SSSR count). The van der Waals surface area contributed by atoms with Crippen molar-refractivity contribution in [1.82, 2.24) is 29.1 Å². The molecule has 4 aromatic rings. The highest BCUT2D eigenvalue weighted by Crippen LogP contribution is 2.25. The van der Waals surface area contributed by atoms with Crippen LogP contribution < -0.4 is 0 Å². The third-order valence-corrected chi connectivity index (χ3v) is 5.11. The van der Waals surface area contributed by atoms with Crippen LogP contribution in [0.2, 0.25) is 0 Å². The summed E-state index contributed by atoms with van der Waals surface area (Å²) in [5, 5.41) is 10.7. The molecule has 0 aliphatic rings. The van der Waals surface area contributed by atoms with Gasteiger partial charge in [-0.1, -0.05) is 18.7 Å². The maximum atomic E-state index is 9.90. The van der Waals surface area contributed by atoms with Crippen LogP contribution >= 0.6 is 11.8 Å². The van der Waals surface area contributed by atoms with Crippen LogP contribution in [0.5, 0.6) is 0 Å². The molecule has 3 aromatic heterocycles. The third-order valence-electron chi connectivity index (χ3n) is 4.35. The second-order valence-electron chi connectivity index (χ2n) is 6.19. The second-order valence-corrected chi connectivity index (χ2v) is 7.42. The Balaban J connectivity index is 1.75. The van der Waals surface area contributed by atoms with Crippen molar-refractivity contribution in [3.8, 4) is 17.1 Å². The van der Waals surface area contributed by atoms with Gasteiger partial charge in [0, 0.05) is 37.5 Å². The fourth-order valence-electron chi connectivity index (χ4n) is 3.09. The van der Waals surface area contributed by atoms with E-state index in [-0.39, 0.29) is 0 Å². The molecule has 0 aliphatic carbocycles. The molecule has 8 heteroatoms. The monoisotopic (exact) mass is 380 g/mol. The smallest absolute Gasteiger partial charge is 0.187 e. The van der Waals surface area contributed by atoms with Gasteiger partial charge in [0.05, 0.1) is 16.6 Å². The van der Waals surface area contributed by atoms with Gasteiger partial charge < -0.3 is 9.67 Å². The first-order valence-corrected chi connectivity index (χ1v) is 9.70. The van der Waals surface area contributed by atoms with Crippen LogP contribution in [0.4, 0.5) is 0 Å². The van der Waals surface area contributed by atoms with Gasteiger partial charge in [-0.3, -0.25) is 4.57 Å². The fraction of sp³-hybridized carbons (Fsp3) is 0.263. The minimum Gasteiger partial charge on any atom is -0.385 e. The first-order valence-electron chi connectivity index (χ1n) is 8.72. The molecule has 0 fully saturated rings. The Morgan fingerprint density at radius 3 is 2.67 bits per heavy atom. The van der Waals surface area contributed by atoms with Crippen LogP contribution in [0.3, 0.4) is 0 Å². The molecule has 0 saturated carbocycles. The number of fused-ring (bicyclic) bond motifs is 1. The molecule has 0 amide bonds. The van der Waals surface area contributed by atoms with Crippen LogP contribution in [-0.4, -0.2) is 39.9 Å². The van der Waals surface area contributed by atoms with E-state index >= 15 is 0 Å². The lowest BCUT2D eigenvalue weighted by atomic mass is 10.2. The molecule has 0 bridgehead atoms. The highest BCUT2D eigenvalue weighted by atomic mass is 32.2. The summed E-state index contributed by atoms with van der Waals surface area (Å²) in [6.07, 6.45) is 6.65. The van der Waals surface area contributed by atoms with E-state index in [1.807, 2.05) is 40.6 Å². The van der Waals surface area contributed by atoms with Gasteiger partial charge in [-0.15, -0.1) is 0 Å². The number of hydrogen-bond donors (Lipinski definition) is 1. The number of aryl methyl sites for hydroxylation is 1. The minimum absolute atomic E-state index is 0.619. The number of hydrogen-bond acceptors (Lipinski definition) is 6. The Morgan fingerprint density at radius 1 is 1.19 bits per heavy atom. The van der Waals surface area contributed by atoms with Crippen LogP contribution in [0.1, 0.15) is 25.8 Å². The molecule has 0 radical (unpaired) electrons. The summed E-state index contributed by atoms with van der Waals surface area (Å²) < 4.78 is 3.90. The number of aliphatic hydroxyl groups excluding tert-OH is 1. The average Bonchev–Trinajstić information content (AvgIpc) is 3.27. The number of benzene rings is 1. The number of rotatable bonds is 5. The Bertz CT molecular complexity index is 1080. The molecule has 0 saturated heterocycles. The van der Waals surface area contributed by atoms with Crippen LogP contribution in [0.25, 0.3) is 28.1 Å². The van der Waals surface area contributed by atoms with E-state index in [4.69, 9.17) is 0 Å². The van der Waals surface area contributed by atoms with E-state index < -0.39 is 6.10 Å². The average molecular weight is 380 g/mol. The van der Waals surface area contributed by atoms with Crippen LogP contribution in [0.15, 0.2) is 48.1 Å². The molecule has 0 aliphatic heterocycles. The normalized spacial score (nSPS) is 12.6. The van der Waals surface area contributed by atoms with Gasteiger partial charge in [0.25, 0.3) is 0 Å². The van der Waals surface area contributed by atoms with Crippen molar-refractivity contribution in [2.45, 2.75) is 25.1 Å². The molecule has 1 atom stereocenters. The lowest BCUT2D eigenvalue weighted by Gasteiger charge is -2.08. The molecule has 7 nitrogen and oxygen atoms in total. The Labute approximate surface area is 161 Å². The summed E-state index contributed by atoms with van der Waals surface area (Å²) >= 11 is 1.61. The lowest BCUT2D eigenvalue weighted by Crippen LogP contribution is -2.01. The van der Waals surface area contributed by atoms with Crippen molar-refractivity contribution < 1.29 is 5.11 Å².